The van der Waals surface area contributed by atoms with Crippen molar-refractivity contribution in [1.29, 1.82) is 0 Å². The zero-order valence-corrected chi connectivity index (χ0v) is 18.3. The van der Waals surface area contributed by atoms with Gasteiger partial charge in [-0.25, -0.2) is 9.78 Å². The second-order valence-electron chi connectivity index (χ2n) is 7.12. The number of anilines is 2. The Kier molecular flexibility index (Phi) is 5.85. The standard InChI is InChI=1S/C24H24N4O4/c1-15-5-12-21-26-22(16-6-11-19(31-3)20(13-16)32-4)23(28(21)14-15)27-24(29)25-17-7-9-18(30-2)10-8-17/h5-14H,1-4H3,(H2,25,27,29). The summed E-state index contributed by atoms with van der Waals surface area (Å²) in [6.07, 6.45) is 1.93. The lowest BCUT2D eigenvalue weighted by Gasteiger charge is -2.12. The van der Waals surface area contributed by atoms with Crippen LogP contribution in [0, 0.1) is 6.92 Å². The molecule has 0 atom stereocenters. The highest BCUT2D eigenvalue weighted by Gasteiger charge is 2.18. The molecule has 4 rings (SSSR count). The first-order valence-electron chi connectivity index (χ1n) is 9.95. The zero-order chi connectivity index (χ0) is 22.7. The number of imidazole rings is 1. The van der Waals surface area contributed by atoms with Gasteiger partial charge in [0.05, 0.1) is 21.3 Å². The maximum absolute atomic E-state index is 12.8. The summed E-state index contributed by atoms with van der Waals surface area (Å²) in [5, 5.41) is 5.79. The molecule has 0 aliphatic heterocycles. The number of fused-ring (bicyclic) bond motifs is 1. The number of benzene rings is 2. The minimum absolute atomic E-state index is 0.389. The number of carbonyl (C=O) groups is 1. The van der Waals surface area contributed by atoms with Crippen LogP contribution in [0.15, 0.2) is 60.8 Å². The minimum atomic E-state index is -0.389. The first-order chi connectivity index (χ1) is 15.5. The Morgan fingerprint density at radius 2 is 1.62 bits per heavy atom. The molecule has 2 aromatic carbocycles. The molecule has 0 bridgehead atoms. The molecule has 0 aliphatic carbocycles. The van der Waals surface area contributed by atoms with Gasteiger partial charge in [0.2, 0.25) is 0 Å². The third-order valence-corrected chi connectivity index (χ3v) is 5.00. The molecule has 2 amide bonds. The molecule has 8 heteroatoms. The molecule has 4 aromatic rings. The van der Waals surface area contributed by atoms with Crippen molar-refractivity contribution in [2.24, 2.45) is 0 Å². The van der Waals surface area contributed by atoms with Gasteiger partial charge < -0.3 is 19.5 Å². The Hall–Kier alpha value is -4.20. The van der Waals surface area contributed by atoms with Crippen LogP contribution >= 0.6 is 0 Å². The average molecular weight is 432 g/mol. The normalized spacial score (nSPS) is 10.6. The number of pyridine rings is 1. The molecular weight excluding hydrogens is 408 g/mol. The fraction of sp³-hybridized carbons (Fsp3) is 0.167. The first kappa shape index (κ1) is 21.0. The van der Waals surface area contributed by atoms with Crippen LogP contribution in [0.2, 0.25) is 0 Å². The number of amides is 2. The number of aromatic nitrogens is 2. The van der Waals surface area contributed by atoms with Crippen LogP contribution < -0.4 is 24.8 Å². The number of hydrogen-bond donors (Lipinski definition) is 2. The first-order valence-corrected chi connectivity index (χ1v) is 9.95. The quantitative estimate of drug-likeness (QED) is 0.449. The van der Waals surface area contributed by atoms with Crippen LogP contribution in [0.1, 0.15) is 5.56 Å². The Bertz CT molecular complexity index is 1270. The number of ether oxygens (including phenoxy) is 3. The number of hydrogen-bond acceptors (Lipinski definition) is 5. The molecule has 2 N–H and O–H groups in total. The number of nitrogens with one attached hydrogen (secondary N) is 2. The highest BCUT2D eigenvalue weighted by Crippen LogP contribution is 2.35. The van der Waals surface area contributed by atoms with Crippen LogP contribution in [0.25, 0.3) is 16.9 Å². The van der Waals surface area contributed by atoms with E-state index >= 15 is 0 Å². The maximum atomic E-state index is 12.8. The van der Waals surface area contributed by atoms with Gasteiger partial charge in [-0.15, -0.1) is 0 Å². The molecule has 0 aliphatic rings. The number of aryl methyl sites for hydroxylation is 1. The van der Waals surface area contributed by atoms with Gasteiger partial charge in [-0.1, -0.05) is 6.07 Å². The fourth-order valence-corrected chi connectivity index (χ4v) is 3.40. The number of urea groups is 1. The maximum Gasteiger partial charge on any atom is 0.324 e. The van der Waals surface area contributed by atoms with Gasteiger partial charge >= 0.3 is 6.03 Å². The SMILES string of the molecule is COc1ccc(NC(=O)Nc2c(-c3ccc(OC)c(OC)c3)nc3ccc(C)cn23)cc1. The molecule has 0 saturated carbocycles. The second-order valence-corrected chi connectivity index (χ2v) is 7.12. The Balaban J connectivity index is 1.72. The van der Waals surface area contributed by atoms with Gasteiger partial charge in [0.1, 0.15) is 22.9 Å². The Morgan fingerprint density at radius 1 is 0.875 bits per heavy atom. The van der Waals surface area contributed by atoms with E-state index in [1.165, 1.54) is 0 Å². The molecule has 2 heterocycles. The predicted octanol–water partition coefficient (Wildman–Crippen LogP) is 4.98. The van der Waals surface area contributed by atoms with Crippen molar-refractivity contribution in [3.05, 3.63) is 66.4 Å². The Labute approximate surface area is 185 Å². The van der Waals surface area contributed by atoms with Gasteiger partial charge in [-0.3, -0.25) is 9.72 Å². The van der Waals surface area contributed by atoms with E-state index in [9.17, 15) is 4.79 Å². The van der Waals surface area contributed by atoms with Crippen molar-refractivity contribution in [2.45, 2.75) is 6.92 Å². The lowest BCUT2D eigenvalue weighted by Crippen LogP contribution is -2.20. The lowest BCUT2D eigenvalue weighted by molar-refractivity contribution is 0.262. The highest BCUT2D eigenvalue weighted by atomic mass is 16.5. The summed E-state index contributed by atoms with van der Waals surface area (Å²) in [6.45, 7) is 1.98. The van der Waals surface area contributed by atoms with E-state index in [0.29, 0.717) is 40.1 Å². The van der Waals surface area contributed by atoms with Crippen LogP contribution in [-0.2, 0) is 0 Å². The van der Waals surface area contributed by atoms with Crippen molar-refractivity contribution in [3.63, 3.8) is 0 Å². The second kappa shape index (κ2) is 8.89. The summed E-state index contributed by atoms with van der Waals surface area (Å²) in [4.78, 5) is 17.6. The van der Waals surface area contributed by atoms with Crippen molar-refractivity contribution in [3.8, 4) is 28.5 Å². The molecule has 0 fully saturated rings. The van der Waals surface area contributed by atoms with Crippen molar-refractivity contribution in [1.82, 2.24) is 9.38 Å². The molecule has 0 saturated heterocycles. The monoisotopic (exact) mass is 432 g/mol. The minimum Gasteiger partial charge on any atom is -0.497 e. The van der Waals surface area contributed by atoms with E-state index in [1.807, 2.05) is 47.9 Å². The third kappa shape index (κ3) is 4.15. The van der Waals surface area contributed by atoms with Gasteiger partial charge in [0.15, 0.2) is 11.5 Å². The smallest absolute Gasteiger partial charge is 0.324 e. The molecule has 0 unspecified atom stereocenters. The van der Waals surface area contributed by atoms with Gasteiger partial charge in [-0.2, -0.15) is 0 Å². The van der Waals surface area contributed by atoms with Gasteiger partial charge in [-0.05, 0) is 61.0 Å². The topological polar surface area (TPSA) is 86.1 Å². The summed E-state index contributed by atoms with van der Waals surface area (Å²) in [5.41, 5.74) is 3.78. The largest absolute Gasteiger partial charge is 0.497 e. The predicted molar refractivity (Wildman–Crippen MR) is 124 cm³/mol. The molecule has 0 radical (unpaired) electrons. The summed E-state index contributed by atoms with van der Waals surface area (Å²) < 4.78 is 17.8. The summed E-state index contributed by atoms with van der Waals surface area (Å²) in [5.74, 6) is 2.44. The van der Waals surface area contributed by atoms with Gasteiger partial charge in [0, 0.05) is 17.4 Å². The van der Waals surface area contributed by atoms with Crippen molar-refractivity contribution >= 4 is 23.2 Å². The fourth-order valence-electron chi connectivity index (χ4n) is 3.40. The number of rotatable bonds is 6. The molecule has 2 aromatic heterocycles. The van der Waals surface area contributed by atoms with E-state index in [4.69, 9.17) is 19.2 Å². The number of nitrogens with zero attached hydrogens (tertiary/aromatic N) is 2. The van der Waals surface area contributed by atoms with E-state index in [-0.39, 0.29) is 6.03 Å². The van der Waals surface area contributed by atoms with Crippen LogP contribution in [0.5, 0.6) is 17.2 Å². The van der Waals surface area contributed by atoms with Crippen LogP contribution in [-0.4, -0.2) is 36.7 Å². The molecular formula is C24H24N4O4. The number of carbonyl (C=O) groups excluding carboxylic acids is 1. The average Bonchev–Trinajstić information content (AvgIpc) is 3.16. The van der Waals surface area contributed by atoms with E-state index in [0.717, 1.165) is 11.1 Å². The van der Waals surface area contributed by atoms with E-state index < -0.39 is 0 Å². The van der Waals surface area contributed by atoms with Crippen molar-refractivity contribution < 1.29 is 19.0 Å². The highest BCUT2D eigenvalue weighted by molar-refractivity contribution is 6.01. The molecule has 164 valence electrons. The summed E-state index contributed by atoms with van der Waals surface area (Å²) in [7, 11) is 4.76. The van der Waals surface area contributed by atoms with Crippen molar-refractivity contribution in [2.75, 3.05) is 32.0 Å². The summed E-state index contributed by atoms with van der Waals surface area (Å²) >= 11 is 0. The Morgan fingerprint density at radius 3 is 2.31 bits per heavy atom. The van der Waals surface area contributed by atoms with E-state index in [1.54, 1.807) is 45.6 Å². The van der Waals surface area contributed by atoms with E-state index in [2.05, 4.69) is 10.6 Å². The van der Waals surface area contributed by atoms with Gasteiger partial charge in [0.25, 0.3) is 0 Å². The number of methoxy groups -OCH3 is 3. The molecule has 8 nitrogen and oxygen atoms in total. The van der Waals surface area contributed by atoms with Crippen LogP contribution in [0.3, 0.4) is 0 Å². The van der Waals surface area contributed by atoms with Crippen LogP contribution in [0.4, 0.5) is 16.3 Å². The lowest BCUT2D eigenvalue weighted by atomic mass is 10.1. The zero-order valence-electron chi connectivity index (χ0n) is 18.3. The third-order valence-electron chi connectivity index (χ3n) is 5.00. The molecule has 32 heavy (non-hydrogen) atoms. The molecule has 0 spiro atoms. The summed E-state index contributed by atoms with van der Waals surface area (Å²) in [6, 6.07) is 16.1.